The highest BCUT2D eigenvalue weighted by Gasteiger charge is 2.43. The Hall–Kier alpha value is -2.30. The van der Waals surface area contributed by atoms with Gasteiger partial charge in [0.05, 0.1) is 11.5 Å². The maximum absolute atomic E-state index is 13.3. The third kappa shape index (κ3) is 2.84. The SMILES string of the molecule is Cc1cc2cccc(C(=O)N3C[C@H]4CC[C@@H](C3)N(CC3CCC3)C4=O)c2o1. The van der Waals surface area contributed by atoms with Gasteiger partial charge in [-0.25, -0.2) is 0 Å². The average molecular weight is 366 g/mol. The molecule has 4 fully saturated rings. The van der Waals surface area contributed by atoms with Crippen LogP contribution >= 0.6 is 0 Å². The van der Waals surface area contributed by atoms with E-state index in [1.54, 1.807) is 0 Å². The Morgan fingerprint density at radius 3 is 2.81 bits per heavy atom. The van der Waals surface area contributed by atoms with E-state index in [1.807, 2.05) is 36.1 Å². The largest absolute Gasteiger partial charge is 0.461 e. The van der Waals surface area contributed by atoms with E-state index in [0.717, 1.165) is 30.5 Å². The van der Waals surface area contributed by atoms with Crippen LogP contribution in [0.4, 0.5) is 0 Å². The van der Waals surface area contributed by atoms with Crippen LogP contribution in [0.3, 0.4) is 0 Å². The summed E-state index contributed by atoms with van der Waals surface area (Å²) in [6.45, 7) is 3.96. The Bertz CT molecular complexity index is 898. The summed E-state index contributed by atoms with van der Waals surface area (Å²) < 4.78 is 5.80. The van der Waals surface area contributed by atoms with Gasteiger partial charge in [-0.05, 0) is 50.7 Å². The highest BCUT2D eigenvalue weighted by atomic mass is 16.3. The van der Waals surface area contributed by atoms with Crippen molar-refractivity contribution in [3.63, 3.8) is 0 Å². The minimum Gasteiger partial charge on any atom is -0.461 e. The predicted octanol–water partition coefficient (Wildman–Crippen LogP) is 3.60. The lowest BCUT2D eigenvalue weighted by Gasteiger charge is -2.40. The number of rotatable bonds is 3. The second kappa shape index (κ2) is 6.39. The van der Waals surface area contributed by atoms with Gasteiger partial charge in [0.15, 0.2) is 0 Å². The molecule has 2 aromatic rings. The van der Waals surface area contributed by atoms with Crippen LogP contribution in [0.15, 0.2) is 28.7 Å². The molecule has 3 aliphatic heterocycles. The zero-order valence-electron chi connectivity index (χ0n) is 15.8. The van der Waals surface area contributed by atoms with Gasteiger partial charge in [0.2, 0.25) is 5.91 Å². The van der Waals surface area contributed by atoms with Crippen molar-refractivity contribution in [1.82, 2.24) is 9.80 Å². The first-order valence-electron chi connectivity index (χ1n) is 10.2. The van der Waals surface area contributed by atoms with Crippen molar-refractivity contribution < 1.29 is 14.0 Å². The molecule has 0 spiro atoms. The molecule has 0 N–H and O–H groups in total. The van der Waals surface area contributed by atoms with Gasteiger partial charge in [-0.15, -0.1) is 0 Å². The molecule has 2 bridgehead atoms. The zero-order chi connectivity index (χ0) is 18.5. The first-order valence-corrected chi connectivity index (χ1v) is 10.2. The number of carbonyl (C=O) groups excluding carboxylic acids is 2. The summed E-state index contributed by atoms with van der Waals surface area (Å²) in [5.74, 6) is 1.68. The zero-order valence-corrected chi connectivity index (χ0v) is 15.8. The van der Waals surface area contributed by atoms with Crippen LogP contribution in [0.1, 0.15) is 48.2 Å². The van der Waals surface area contributed by atoms with Crippen LogP contribution in [0, 0.1) is 18.8 Å². The summed E-state index contributed by atoms with van der Waals surface area (Å²) in [4.78, 5) is 30.3. The molecule has 5 nitrogen and oxygen atoms in total. The summed E-state index contributed by atoms with van der Waals surface area (Å²) in [6.07, 6.45) is 5.68. The Morgan fingerprint density at radius 1 is 1.19 bits per heavy atom. The molecule has 1 saturated carbocycles. The second-order valence-corrected chi connectivity index (χ2v) is 8.51. The van der Waals surface area contributed by atoms with E-state index >= 15 is 0 Å². The highest BCUT2D eigenvalue weighted by Crippen LogP contribution is 2.35. The molecule has 1 aromatic heterocycles. The minimum absolute atomic E-state index is 0.00913. The summed E-state index contributed by atoms with van der Waals surface area (Å²) in [6, 6.07) is 7.85. The molecule has 1 aromatic carbocycles. The Balaban J connectivity index is 1.42. The normalized spacial score (nSPS) is 25.7. The molecular weight excluding hydrogens is 340 g/mol. The summed E-state index contributed by atoms with van der Waals surface area (Å²) in [7, 11) is 0. The molecule has 1 aliphatic carbocycles. The maximum Gasteiger partial charge on any atom is 0.257 e. The number of carbonyl (C=O) groups is 2. The van der Waals surface area contributed by atoms with E-state index in [1.165, 1.54) is 19.3 Å². The number of nitrogens with zero attached hydrogens (tertiary/aromatic N) is 2. The molecule has 27 heavy (non-hydrogen) atoms. The van der Waals surface area contributed by atoms with Crippen molar-refractivity contribution in [2.24, 2.45) is 11.8 Å². The number of amides is 2. The fourth-order valence-electron chi connectivity index (χ4n) is 4.93. The number of benzene rings is 1. The number of hydrogen-bond donors (Lipinski definition) is 0. The number of aryl methyl sites for hydroxylation is 1. The van der Waals surface area contributed by atoms with E-state index in [0.29, 0.717) is 30.2 Å². The van der Waals surface area contributed by atoms with Gasteiger partial charge >= 0.3 is 0 Å². The summed E-state index contributed by atoms with van der Waals surface area (Å²) in [5, 5.41) is 0.957. The summed E-state index contributed by atoms with van der Waals surface area (Å²) >= 11 is 0. The third-order valence-corrected chi connectivity index (χ3v) is 6.66. The Kier molecular flexibility index (Phi) is 3.99. The molecule has 2 amide bonds. The van der Waals surface area contributed by atoms with Crippen molar-refractivity contribution in [3.05, 3.63) is 35.6 Å². The first-order chi connectivity index (χ1) is 13.1. The van der Waals surface area contributed by atoms with E-state index in [2.05, 4.69) is 4.90 Å². The van der Waals surface area contributed by atoms with E-state index in [9.17, 15) is 9.59 Å². The van der Waals surface area contributed by atoms with Crippen molar-refractivity contribution in [3.8, 4) is 0 Å². The van der Waals surface area contributed by atoms with E-state index < -0.39 is 0 Å². The molecule has 2 atom stereocenters. The van der Waals surface area contributed by atoms with Crippen LogP contribution < -0.4 is 0 Å². The fourth-order valence-corrected chi connectivity index (χ4v) is 4.93. The number of hydrogen-bond acceptors (Lipinski definition) is 3. The lowest BCUT2D eigenvalue weighted by molar-refractivity contribution is -0.141. The lowest BCUT2D eigenvalue weighted by Crippen LogP contribution is -2.50. The van der Waals surface area contributed by atoms with E-state index in [4.69, 9.17) is 4.42 Å². The van der Waals surface area contributed by atoms with Gasteiger partial charge in [-0.3, -0.25) is 9.59 Å². The predicted molar refractivity (Wildman–Crippen MR) is 102 cm³/mol. The quantitative estimate of drug-likeness (QED) is 0.834. The molecule has 0 unspecified atom stereocenters. The molecule has 0 radical (unpaired) electrons. The van der Waals surface area contributed by atoms with Gasteiger partial charge in [0.25, 0.3) is 5.91 Å². The summed E-state index contributed by atoms with van der Waals surface area (Å²) in [5.41, 5.74) is 1.27. The van der Waals surface area contributed by atoms with Crippen LogP contribution in [0.2, 0.25) is 0 Å². The van der Waals surface area contributed by atoms with Crippen molar-refractivity contribution in [2.75, 3.05) is 19.6 Å². The van der Waals surface area contributed by atoms with Crippen molar-refractivity contribution in [2.45, 2.75) is 45.1 Å². The van der Waals surface area contributed by atoms with Crippen molar-refractivity contribution in [1.29, 1.82) is 0 Å². The number of piperidine rings is 1. The van der Waals surface area contributed by atoms with Crippen LogP contribution in [0.25, 0.3) is 11.0 Å². The monoisotopic (exact) mass is 366 g/mol. The maximum atomic E-state index is 13.3. The molecule has 4 heterocycles. The van der Waals surface area contributed by atoms with Gasteiger partial charge < -0.3 is 14.2 Å². The molecular formula is C22H26N2O3. The Morgan fingerprint density at radius 2 is 2.04 bits per heavy atom. The second-order valence-electron chi connectivity index (χ2n) is 8.51. The van der Waals surface area contributed by atoms with Gasteiger partial charge in [0, 0.05) is 31.1 Å². The topological polar surface area (TPSA) is 53.8 Å². The average Bonchev–Trinajstić information content (AvgIpc) is 2.80. The van der Waals surface area contributed by atoms with Crippen LogP contribution in [-0.2, 0) is 4.79 Å². The molecule has 5 heteroatoms. The van der Waals surface area contributed by atoms with Crippen LogP contribution in [0.5, 0.6) is 0 Å². The molecule has 3 saturated heterocycles. The van der Waals surface area contributed by atoms with Crippen molar-refractivity contribution >= 4 is 22.8 Å². The van der Waals surface area contributed by atoms with Gasteiger partial charge in [-0.1, -0.05) is 18.6 Å². The number of para-hydroxylation sites is 1. The molecule has 6 rings (SSSR count). The highest BCUT2D eigenvalue weighted by molar-refractivity contribution is 6.05. The van der Waals surface area contributed by atoms with E-state index in [-0.39, 0.29) is 23.8 Å². The third-order valence-electron chi connectivity index (χ3n) is 6.66. The Labute approximate surface area is 159 Å². The minimum atomic E-state index is -0.0506. The first kappa shape index (κ1) is 16.8. The smallest absolute Gasteiger partial charge is 0.257 e. The van der Waals surface area contributed by atoms with Crippen LogP contribution in [-0.4, -0.2) is 47.3 Å². The fraction of sp³-hybridized carbons (Fsp3) is 0.545. The molecule has 142 valence electrons. The lowest BCUT2D eigenvalue weighted by atomic mass is 9.83. The number of furan rings is 1. The standard InChI is InChI=1S/C22H26N2O3/c1-14-10-16-6-3-7-19(20(16)27-14)22(26)23-12-17-8-9-18(13-23)24(21(17)25)11-15-4-2-5-15/h3,6-7,10,15,17-18H,2,4-5,8-9,11-13H2,1H3/t17-,18+/m1/s1. The van der Waals surface area contributed by atoms with Gasteiger partial charge in [-0.2, -0.15) is 0 Å². The molecule has 4 aliphatic rings. The van der Waals surface area contributed by atoms with Gasteiger partial charge in [0.1, 0.15) is 11.3 Å². The number of fused-ring (bicyclic) bond motifs is 5.